The monoisotopic (exact) mass is 398 g/mol. The molecular weight excluding hydrogens is 384 g/mol. The second-order valence-corrected chi connectivity index (χ2v) is 7.94. The molecule has 2 atom stereocenters. The minimum absolute atomic E-state index is 0.237. The highest BCUT2D eigenvalue weighted by atomic mass is 35.5. The number of H-pyrrole nitrogens is 1. The van der Waals surface area contributed by atoms with Gasteiger partial charge >= 0.3 is 0 Å². The number of aromatic amines is 1. The number of hydrogen-bond donors (Lipinski definition) is 2. The molecule has 1 saturated heterocycles. The van der Waals surface area contributed by atoms with Gasteiger partial charge in [0.25, 0.3) is 5.24 Å². The van der Waals surface area contributed by atoms with E-state index in [2.05, 4.69) is 10.3 Å². The fourth-order valence-electron chi connectivity index (χ4n) is 3.43. The van der Waals surface area contributed by atoms with Gasteiger partial charge in [-0.05, 0) is 35.7 Å². The molecule has 1 aliphatic rings. The number of para-hydroxylation sites is 1. The van der Waals surface area contributed by atoms with E-state index in [1.54, 1.807) is 12.1 Å². The molecule has 0 spiro atoms. The highest BCUT2D eigenvalue weighted by molar-refractivity contribution is 8.15. The summed E-state index contributed by atoms with van der Waals surface area (Å²) in [4.78, 5) is 39.2. The van der Waals surface area contributed by atoms with Crippen molar-refractivity contribution >= 4 is 45.4 Å². The molecule has 4 rings (SSSR count). The Morgan fingerprint density at radius 1 is 1.04 bits per heavy atom. The summed E-state index contributed by atoms with van der Waals surface area (Å²) in [6.07, 6.45) is 0.503. The zero-order valence-electron chi connectivity index (χ0n) is 14.1. The number of carbonyl (C=O) groups excluding carboxylic acids is 2. The Kier molecular flexibility index (Phi) is 4.76. The summed E-state index contributed by atoms with van der Waals surface area (Å²) in [5.74, 6) is -0.664. The molecule has 2 aromatic carbocycles. The lowest BCUT2D eigenvalue weighted by Crippen LogP contribution is -2.30. The van der Waals surface area contributed by atoms with Crippen molar-refractivity contribution in [3.05, 3.63) is 81.1 Å². The fraction of sp³-hybridized carbons (Fsp3) is 0.150. The standard InChI is InChI=1S/C20H15ClN2O3S/c21-12-7-5-11(6-8-12)9-15(18-19(25)23-20(26)27-18)14-10-17(24)22-16-4-2-1-3-13(14)16/h1-8,10,15,18H,9H2,(H,22,24)(H,23,25,26). The van der Waals surface area contributed by atoms with Crippen LogP contribution in [0.5, 0.6) is 0 Å². The van der Waals surface area contributed by atoms with Crippen LogP contribution in [0.4, 0.5) is 4.79 Å². The van der Waals surface area contributed by atoms with Crippen LogP contribution in [-0.2, 0) is 11.2 Å². The second kappa shape index (κ2) is 7.21. The molecule has 5 nitrogen and oxygen atoms in total. The summed E-state index contributed by atoms with van der Waals surface area (Å²) < 4.78 is 0. The second-order valence-electron chi connectivity index (χ2n) is 6.39. The Morgan fingerprint density at radius 3 is 2.48 bits per heavy atom. The smallest absolute Gasteiger partial charge is 0.286 e. The third-order valence-corrected chi connectivity index (χ3v) is 6.00. The van der Waals surface area contributed by atoms with Gasteiger partial charge in [-0.15, -0.1) is 0 Å². The quantitative estimate of drug-likeness (QED) is 0.699. The summed E-state index contributed by atoms with van der Waals surface area (Å²) in [6, 6.07) is 16.4. The number of rotatable bonds is 4. The predicted molar refractivity (Wildman–Crippen MR) is 107 cm³/mol. The summed E-state index contributed by atoms with van der Waals surface area (Å²) in [6.45, 7) is 0. The number of benzene rings is 2. The largest absolute Gasteiger partial charge is 0.322 e. The molecule has 2 heterocycles. The van der Waals surface area contributed by atoms with Gasteiger partial charge in [0.1, 0.15) is 5.25 Å². The first-order valence-electron chi connectivity index (χ1n) is 8.39. The summed E-state index contributed by atoms with van der Waals surface area (Å²) >= 11 is 6.95. The number of fused-ring (bicyclic) bond motifs is 1. The minimum atomic E-state index is -0.599. The molecule has 1 aromatic heterocycles. The number of hydrogen-bond acceptors (Lipinski definition) is 4. The van der Waals surface area contributed by atoms with Gasteiger partial charge in [0.2, 0.25) is 11.5 Å². The zero-order chi connectivity index (χ0) is 19.0. The Morgan fingerprint density at radius 2 is 1.78 bits per heavy atom. The predicted octanol–water partition coefficient (Wildman–Crippen LogP) is 3.86. The van der Waals surface area contributed by atoms with E-state index in [0.29, 0.717) is 17.0 Å². The van der Waals surface area contributed by atoms with Crippen molar-refractivity contribution in [1.29, 1.82) is 0 Å². The van der Waals surface area contributed by atoms with E-state index in [9.17, 15) is 14.4 Å². The molecule has 1 fully saturated rings. The number of aromatic nitrogens is 1. The third kappa shape index (κ3) is 3.63. The van der Waals surface area contributed by atoms with E-state index in [-0.39, 0.29) is 22.6 Å². The van der Waals surface area contributed by atoms with Gasteiger partial charge in [0.15, 0.2) is 0 Å². The highest BCUT2D eigenvalue weighted by Gasteiger charge is 2.39. The number of halogens is 1. The van der Waals surface area contributed by atoms with Gasteiger partial charge in [0.05, 0.1) is 0 Å². The first kappa shape index (κ1) is 17.8. The number of amides is 2. The lowest BCUT2D eigenvalue weighted by Gasteiger charge is -2.22. The van der Waals surface area contributed by atoms with Crippen LogP contribution < -0.4 is 10.9 Å². The molecule has 1 aliphatic heterocycles. The van der Waals surface area contributed by atoms with Crippen molar-refractivity contribution in [3.63, 3.8) is 0 Å². The van der Waals surface area contributed by atoms with E-state index in [1.165, 1.54) is 6.07 Å². The molecule has 0 saturated carbocycles. The first-order chi connectivity index (χ1) is 13.0. The normalized spacial score (nSPS) is 17.9. The molecule has 2 amide bonds. The lowest BCUT2D eigenvalue weighted by atomic mass is 9.86. The molecule has 3 aromatic rings. The van der Waals surface area contributed by atoms with Crippen LogP contribution >= 0.6 is 23.4 Å². The first-order valence-corrected chi connectivity index (χ1v) is 9.65. The van der Waals surface area contributed by atoms with Crippen LogP contribution in [0.1, 0.15) is 17.0 Å². The maximum Gasteiger partial charge on any atom is 0.286 e. The zero-order valence-corrected chi connectivity index (χ0v) is 15.6. The minimum Gasteiger partial charge on any atom is -0.322 e. The molecule has 2 unspecified atom stereocenters. The van der Waals surface area contributed by atoms with Crippen molar-refractivity contribution in [3.8, 4) is 0 Å². The van der Waals surface area contributed by atoms with Crippen molar-refractivity contribution in [2.75, 3.05) is 0 Å². The Labute approximate surface area is 164 Å². The van der Waals surface area contributed by atoms with Crippen molar-refractivity contribution in [2.24, 2.45) is 0 Å². The Hall–Kier alpha value is -2.57. The molecule has 0 aliphatic carbocycles. The average Bonchev–Trinajstić information content (AvgIpc) is 2.98. The van der Waals surface area contributed by atoms with E-state index in [4.69, 9.17) is 11.6 Å². The molecule has 27 heavy (non-hydrogen) atoms. The maximum absolute atomic E-state index is 12.4. The number of thioether (sulfide) groups is 1. The number of nitrogens with one attached hydrogen (secondary N) is 2. The van der Waals surface area contributed by atoms with Gasteiger partial charge < -0.3 is 4.98 Å². The van der Waals surface area contributed by atoms with Gasteiger partial charge in [0, 0.05) is 27.9 Å². The van der Waals surface area contributed by atoms with Gasteiger partial charge in [-0.2, -0.15) is 0 Å². The lowest BCUT2D eigenvalue weighted by molar-refractivity contribution is -0.119. The van der Waals surface area contributed by atoms with Crippen molar-refractivity contribution in [1.82, 2.24) is 10.3 Å². The molecule has 136 valence electrons. The number of carbonyl (C=O) groups is 2. The van der Waals surface area contributed by atoms with Crippen LogP contribution in [0.3, 0.4) is 0 Å². The number of pyridine rings is 1. The molecule has 0 radical (unpaired) electrons. The fourth-order valence-corrected chi connectivity index (χ4v) is 4.52. The molecular formula is C20H15ClN2O3S. The number of imide groups is 1. The van der Waals surface area contributed by atoms with E-state index in [1.807, 2.05) is 36.4 Å². The van der Waals surface area contributed by atoms with Crippen LogP contribution in [0.25, 0.3) is 10.9 Å². The van der Waals surface area contributed by atoms with E-state index in [0.717, 1.165) is 28.3 Å². The van der Waals surface area contributed by atoms with E-state index >= 15 is 0 Å². The van der Waals surface area contributed by atoms with Gasteiger partial charge in [-0.3, -0.25) is 19.7 Å². The Balaban J connectivity index is 1.85. The van der Waals surface area contributed by atoms with Crippen molar-refractivity contribution in [2.45, 2.75) is 17.6 Å². The van der Waals surface area contributed by atoms with Crippen LogP contribution in [0.15, 0.2) is 59.4 Å². The molecule has 0 bridgehead atoms. The van der Waals surface area contributed by atoms with Crippen molar-refractivity contribution < 1.29 is 9.59 Å². The third-order valence-electron chi connectivity index (χ3n) is 4.63. The molecule has 2 N–H and O–H groups in total. The van der Waals surface area contributed by atoms with Crippen LogP contribution in [0, 0.1) is 0 Å². The van der Waals surface area contributed by atoms with Gasteiger partial charge in [-0.25, -0.2) is 0 Å². The van der Waals surface area contributed by atoms with Crippen LogP contribution in [0.2, 0.25) is 5.02 Å². The maximum atomic E-state index is 12.4. The summed E-state index contributed by atoms with van der Waals surface area (Å²) in [7, 11) is 0. The van der Waals surface area contributed by atoms with Crippen LogP contribution in [-0.4, -0.2) is 21.4 Å². The topological polar surface area (TPSA) is 79.0 Å². The average molecular weight is 399 g/mol. The highest BCUT2D eigenvalue weighted by Crippen LogP contribution is 2.37. The molecule has 7 heteroatoms. The van der Waals surface area contributed by atoms with Gasteiger partial charge in [-0.1, -0.05) is 53.7 Å². The summed E-state index contributed by atoms with van der Waals surface area (Å²) in [5.41, 5.74) is 2.20. The Bertz CT molecular complexity index is 1090. The SMILES string of the molecule is O=C1NC(=O)C(C(Cc2ccc(Cl)cc2)c2cc(=O)[nH]c3ccccc23)S1. The summed E-state index contributed by atoms with van der Waals surface area (Å²) in [5, 5.41) is 2.88. The van der Waals surface area contributed by atoms with E-state index < -0.39 is 5.25 Å².